The maximum Gasteiger partial charge on any atom is 0.233 e. The number of nitriles is 1. The number of aromatic nitrogens is 1. The Kier molecular flexibility index (Phi) is 4.62. The standard InChI is InChI=1S/C20H22N4O2S/c1-20(2)13-24(16-6-4-3-5-14(16)20)18(25)11-15-17(12-21)27-19(22-15)23-7-9-26-10-8-23/h3-6H,7-11,13H2,1-2H3. The summed E-state index contributed by atoms with van der Waals surface area (Å²) in [6, 6.07) is 10.3. The predicted octanol–water partition coefficient (Wildman–Crippen LogP) is 2.72. The summed E-state index contributed by atoms with van der Waals surface area (Å²) in [6.45, 7) is 7.80. The molecule has 2 aliphatic heterocycles. The van der Waals surface area contributed by atoms with Crippen LogP contribution in [0.1, 0.15) is 30.0 Å². The smallest absolute Gasteiger partial charge is 0.233 e. The number of nitrogens with zero attached hydrogens (tertiary/aromatic N) is 4. The highest BCUT2D eigenvalue weighted by Gasteiger charge is 2.37. The Balaban J connectivity index is 1.57. The van der Waals surface area contributed by atoms with Crippen LogP contribution in [0.2, 0.25) is 0 Å². The minimum Gasteiger partial charge on any atom is -0.378 e. The van der Waals surface area contributed by atoms with Crippen molar-refractivity contribution in [2.24, 2.45) is 0 Å². The molecule has 3 heterocycles. The lowest BCUT2D eigenvalue weighted by molar-refractivity contribution is -0.118. The first-order chi connectivity index (χ1) is 13.0. The molecule has 7 heteroatoms. The fourth-order valence-corrected chi connectivity index (χ4v) is 4.68. The quantitative estimate of drug-likeness (QED) is 0.816. The molecule has 0 aliphatic carbocycles. The minimum absolute atomic E-state index is 0.0108. The van der Waals surface area contributed by atoms with Gasteiger partial charge in [-0.2, -0.15) is 5.26 Å². The van der Waals surface area contributed by atoms with Crippen molar-refractivity contribution < 1.29 is 9.53 Å². The van der Waals surface area contributed by atoms with E-state index in [2.05, 4.69) is 35.9 Å². The zero-order valence-corrected chi connectivity index (χ0v) is 16.4. The summed E-state index contributed by atoms with van der Waals surface area (Å²) in [5, 5.41) is 10.3. The molecular formula is C20H22N4O2S. The van der Waals surface area contributed by atoms with Gasteiger partial charge >= 0.3 is 0 Å². The molecule has 1 amide bonds. The molecule has 6 nitrogen and oxygen atoms in total. The summed E-state index contributed by atoms with van der Waals surface area (Å²) >= 11 is 1.36. The SMILES string of the molecule is CC1(C)CN(C(=O)Cc2nc(N3CCOCC3)sc2C#N)c2ccccc21. The van der Waals surface area contributed by atoms with Crippen molar-refractivity contribution in [2.45, 2.75) is 25.7 Å². The van der Waals surface area contributed by atoms with Crippen molar-refractivity contribution >= 4 is 28.1 Å². The summed E-state index contributed by atoms with van der Waals surface area (Å²) in [7, 11) is 0. The Hall–Kier alpha value is -2.43. The fourth-order valence-electron chi connectivity index (χ4n) is 3.74. The zero-order valence-electron chi connectivity index (χ0n) is 15.6. The molecule has 2 aliphatic rings. The maximum absolute atomic E-state index is 13.1. The molecule has 0 bridgehead atoms. The molecule has 4 rings (SSSR count). The molecular weight excluding hydrogens is 360 g/mol. The number of ether oxygens (including phenoxy) is 1. The van der Waals surface area contributed by atoms with Crippen LogP contribution in [0.4, 0.5) is 10.8 Å². The van der Waals surface area contributed by atoms with E-state index in [0.29, 0.717) is 30.3 Å². The van der Waals surface area contributed by atoms with E-state index in [1.165, 1.54) is 16.9 Å². The Morgan fingerprint density at radius 1 is 1.33 bits per heavy atom. The lowest BCUT2D eigenvalue weighted by Gasteiger charge is -2.26. The molecule has 27 heavy (non-hydrogen) atoms. The van der Waals surface area contributed by atoms with Gasteiger partial charge in [0.2, 0.25) is 5.91 Å². The van der Waals surface area contributed by atoms with Crippen molar-refractivity contribution in [1.29, 1.82) is 5.26 Å². The molecule has 0 N–H and O–H groups in total. The van der Waals surface area contributed by atoms with E-state index >= 15 is 0 Å². The lowest BCUT2D eigenvalue weighted by atomic mass is 9.87. The second-order valence-corrected chi connectivity index (χ2v) is 8.52. The molecule has 0 unspecified atom stereocenters. The third-order valence-electron chi connectivity index (χ3n) is 5.17. The highest BCUT2D eigenvalue weighted by Crippen LogP contribution is 2.40. The summed E-state index contributed by atoms with van der Waals surface area (Å²) in [5.41, 5.74) is 2.66. The first-order valence-corrected chi connectivity index (χ1v) is 9.93. The number of thiazole rings is 1. The number of hydrogen-bond acceptors (Lipinski definition) is 6. The van der Waals surface area contributed by atoms with Crippen LogP contribution in [0.15, 0.2) is 24.3 Å². The summed E-state index contributed by atoms with van der Waals surface area (Å²) < 4.78 is 5.38. The van der Waals surface area contributed by atoms with Crippen LogP contribution < -0.4 is 9.80 Å². The summed E-state index contributed by atoms with van der Waals surface area (Å²) in [6.07, 6.45) is 0.147. The number of carbonyl (C=O) groups is 1. The van der Waals surface area contributed by atoms with Gasteiger partial charge < -0.3 is 14.5 Å². The summed E-state index contributed by atoms with van der Waals surface area (Å²) in [4.78, 5) is 22.2. The van der Waals surface area contributed by atoms with E-state index in [9.17, 15) is 10.1 Å². The summed E-state index contributed by atoms with van der Waals surface area (Å²) in [5.74, 6) is -0.0108. The van der Waals surface area contributed by atoms with Gasteiger partial charge in [0.25, 0.3) is 0 Å². The molecule has 1 aromatic carbocycles. The maximum atomic E-state index is 13.1. The molecule has 1 saturated heterocycles. The van der Waals surface area contributed by atoms with Gasteiger partial charge in [0.15, 0.2) is 5.13 Å². The van der Waals surface area contributed by atoms with Crippen LogP contribution in [-0.4, -0.2) is 43.7 Å². The highest BCUT2D eigenvalue weighted by atomic mass is 32.1. The highest BCUT2D eigenvalue weighted by molar-refractivity contribution is 7.16. The average molecular weight is 382 g/mol. The van der Waals surface area contributed by atoms with Gasteiger partial charge in [-0.05, 0) is 11.6 Å². The fraction of sp³-hybridized carbons (Fsp3) is 0.450. The normalized spacial score (nSPS) is 18.3. The molecule has 140 valence electrons. The number of rotatable bonds is 3. The first-order valence-electron chi connectivity index (χ1n) is 9.12. The topological polar surface area (TPSA) is 69.5 Å². The minimum atomic E-state index is -0.0780. The monoisotopic (exact) mass is 382 g/mol. The van der Waals surface area contributed by atoms with Crippen LogP contribution in [0.25, 0.3) is 0 Å². The van der Waals surface area contributed by atoms with Crippen LogP contribution in [-0.2, 0) is 21.4 Å². The van der Waals surface area contributed by atoms with Crippen molar-refractivity contribution in [3.63, 3.8) is 0 Å². The second kappa shape index (κ2) is 6.95. The molecule has 0 radical (unpaired) electrons. The zero-order chi connectivity index (χ0) is 19.0. The Labute approximate surface area is 163 Å². The van der Waals surface area contributed by atoms with Crippen molar-refractivity contribution in [1.82, 2.24) is 4.98 Å². The van der Waals surface area contributed by atoms with Gasteiger partial charge in [-0.15, -0.1) is 0 Å². The number of para-hydroxylation sites is 1. The van der Waals surface area contributed by atoms with Crippen LogP contribution in [0, 0.1) is 11.3 Å². The lowest BCUT2D eigenvalue weighted by Crippen LogP contribution is -2.36. The number of fused-ring (bicyclic) bond motifs is 1. The third kappa shape index (κ3) is 3.31. The molecule has 0 saturated carbocycles. The van der Waals surface area contributed by atoms with Gasteiger partial charge in [-0.25, -0.2) is 4.98 Å². The van der Waals surface area contributed by atoms with Crippen LogP contribution >= 0.6 is 11.3 Å². The number of benzene rings is 1. The van der Waals surface area contributed by atoms with Gasteiger partial charge in [-0.3, -0.25) is 4.79 Å². The van der Waals surface area contributed by atoms with Crippen molar-refractivity contribution in [3.8, 4) is 6.07 Å². The van der Waals surface area contributed by atoms with Crippen molar-refractivity contribution in [3.05, 3.63) is 40.4 Å². The number of morpholine rings is 1. The van der Waals surface area contributed by atoms with Crippen LogP contribution in [0.3, 0.4) is 0 Å². The largest absolute Gasteiger partial charge is 0.378 e. The molecule has 1 fully saturated rings. The Morgan fingerprint density at radius 3 is 2.81 bits per heavy atom. The first kappa shape index (κ1) is 18.0. The molecule has 0 spiro atoms. The van der Waals surface area contributed by atoms with E-state index in [1.54, 1.807) is 0 Å². The van der Waals surface area contributed by atoms with E-state index in [-0.39, 0.29) is 17.7 Å². The van der Waals surface area contributed by atoms with E-state index in [4.69, 9.17) is 4.74 Å². The second-order valence-electron chi connectivity index (χ2n) is 7.54. The average Bonchev–Trinajstić information content (AvgIpc) is 3.21. The van der Waals surface area contributed by atoms with Gasteiger partial charge in [0.05, 0.1) is 25.3 Å². The molecule has 1 aromatic heterocycles. The Morgan fingerprint density at radius 2 is 2.07 bits per heavy atom. The predicted molar refractivity (Wildman–Crippen MR) is 105 cm³/mol. The Bertz CT molecular complexity index is 909. The number of carbonyl (C=O) groups excluding carboxylic acids is 1. The van der Waals surface area contributed by atoms with E-state index in [1.807, 2.05) is 23.1 Å². The number of amides is 1. The van der Waals surface area contributed by atoms with Gasteiger partial charge in [-0.1, -0.05) is 43.4 Å². The number of anilines is 2. The van der Waals surface area contributed by atoms with Crippen molar-refractivity contribution in [2.75, 3.05) is 42.6 Å². The van der Waals surface area contributed by atoms with Crippen LogP contribution in [0.5, 0.6) is 0 Å². The van der Waals surface area contributed by atoms with E-state index < -0.39 is 0 Å². The molecule has 0 atom stereocenters. The van der Waals surface area contributed by atoms with E-state index in [0.717, 1.165) is 23.9 Å². The third-order valence-corrected chi connectivity index (χ3v) is 6.23. The molecule has 2 aromatic rings. The number of hydrogen-bond donors (Lipinski definition) is 0. The van der Waals surface area contributed by atoms with Gasteiger partial charge in [0.1, 0.15) is 10.9 Å². The van der Waals surface area contributed by atoms with Gasteiger partial charge in [0, 0.05) is 30.7 Å².